The minimum atomic E-state index is -2.59. The molecule has 1 amide bonds. The molecule has 38 heavy (non-hydrogen) atoms. The fourth-order valence-corrected chi connectivity index (χ4v) is 8.85. The van der Waals surface area contributed by atoms with Crippen molar-refractivity contribution in [1.29, 1.82) is 0 Å². The minimum Gasteiger partial charge on any atom is -0.292 e. The van der Waals surface area contributed by atoms with Crippen LogP contribution in [0, 0.1) is 12.7 Å². The number of rotatable bonds is 7. The van der Waals surface area contributed by atoms with E-state index in [1.54, 1.807) is 12.1 Å². The maximum atomic E-state index is 13.8. The molecule has 2 nitrogen and oxygen atoms in total. The van der Waals surface area contributed by atoms with Crippen LogP contribution in [0.4, 0.5) is 4.39 Å². The average Bonchev–Trinajstić information content (AvgIpc) is 2.97. The molecule has 0 radical (unpaired) electrons. The Morgan fingerprint density at radius 3 is 1.53 bits per heavy atom. The van der Waals surface area contributed by atoms with E-state index in [1.165, 1.54) is 12.1 Å². The lowest BCUT2D eigenvalue weighted by molar-refractivity contribution is 0.0969. The van der Waals surface area contributed by atoms with Crippen LogP contribution in [-0.4, -0.2) is 5.91 Å². The fourth-order valence-electron chi connectivity index (χ4n) is 4.65. The lowest BCUT2D eigenvalue weighted by Gasteiger charge is -2.29. The lowest BCUT2D eigenvalue weighted by atomic mass is 10.1. The lowest BCUT2D eigenvalue weighted by Crippen LogP contribution is -2.38. The van der Waals surface area contributed by atoms with E-state index in [-0.39, 0.29) is 11.7 Å². The molecule has 0 aliphatic heterocycles. The zero-order valence-electron chi connectivity index (χ0n) is 21.1. The third-order valence-electron chi connectivity index (χ3n) is 6.52. The Bertz CT molecular complexity index is 1440. The van der Waals surface area contributed by atoms with Crippen molar-refractivity contribution in [3.05, 3.63) is 167 Å². The van der Waals surface area contributed by atoms with E-state index in [9.17, 15) is 9.18 Å². The molecule has 0 fully saturated rings. The zero-order valence-corrected chi connectivity index (χ0v) is 22.0. The Morgan fingerprint density at radius 1 is 0.632 bits per heavy atom. The number of carbonyl (C=O) groups excluding carboxylic acids is 1. The van der Waals surface area contributed by atoms with Crippen LogP contribution in [-0.2, 0) is 0 Å². The zero-order chi connectivity index (χ0) is 26.4. The van der Waals surface area contributed by atoms with Gasteiger partial charge in [0.15, 0.2) is 12.7 Å². The van der Waals surface area contributed by atoms with Gasteiger partial charge in [-0.1, -0.05) is 84.4 Å². The van der Waals surface area contributed by atoms with Crippen molar-refractivity contribution in [3.63, 3.8) is 0 Å². The number of nitrogens with one attached hydrogen (secondary N) is 1. The van der Waals surface area contributed by atoms with Crippen LogP contribution >= 0.6 is 7.26 Å². The second-order valence-corrected chi connectivity index (χ2v) is 12.5. The smallest absolute Gasteiger partial charge is 0.258 e. The molecule has 0 saturated carbocycles. The summed E-state index contributed by atoms with van der Waals surface area (Å²) in [7, 11) is -2.59. The molecule has 4 heteroatoms. The second kappa shape index (κ2) is 11.4. The summed E-state index contributed by atoms with van der Waals surface area (Å²) in [6.45, 7) is 2.00. The molecule has 5 rings (SSSR count). The highest BCUT2D eigenvalue weighted by Crippen LogP contribution is 2.61. The number of hydrogen-bond acceptors (Lipinski definition) is 1. The first kappa shape index (κ1) is 25.3. The summed E-state index contributed by atoms with van der Waals surface area (Å²) in [6, 6.07) is 44.9. The van der Waals surface area contributed by atoms with Crippen LogP contribution in [0.5, 0.6) is 0 Å². The third kappa shape index (κ3) is 5.20. The standard InChI is InChI=1S/C34H27FNOP/c1-26-17-21-28(22-18-26)34(37)36-33(25-27-19-23-29(35)24-20-27)38(30-11-5-2-6-12-30,31-13-7-3-8-14-31)32-15-9-4-10-16-32/h2-25H,1H3/p+1/b33-25+. The van der Waals surface area contributed by atoms with Gasteiger partial charge >= 0.3 is 0 Å². The van der Waals surface area contributed by atoms with Crippen LogP contribution < -0.4 is 21.2 Å². The predicted molar refractivity (Wildman–Crippen MR) is 158 cm³/mol. The molecular formula is C34H28FNOP+. The van der Waals surface area contributed by atoms with Crippen molar-refractivity contribution in [3.8, 4) is 0 Å². The first-order chi connectivity index (χ1) is 18.6. The predicted octanol–water partition coefficient (Wildman–Crippen LogP) is 6.86. The summed E-state index contributed by atoms with van der Waals surface area (Å²) in [5.74, 6) is -0.492. The molecule has 1 N–H and O–H groups in total. The van der Waals surface area contributed by atoms with Gasteiger partial charge in [0, 0.05) is 11.6 Å². The van der Waals surface area contributed by atoms with Crippen molar-refractivity contribution in [2.45, 2.75) is 6.92 Å². The van der Waals surface area contributed by atoms with Crippen molar-refractivity contribution in [2.75, 3.05) is 0 Å². The molecule has 5 aromatic rings. The summed E-state index contributed by atoms with van der Waals surface area (Å²) in [4.78, 5) is 13.8. The van der Waals surface area contributed by atoms with Crippen LogP contribution in [0.3, 0.4) is 0 Å². The Kier molecular flexibility index (Phi) is 7.58. The Labute approximate surface area is 223 Å². The molecule has 0 aliphatic rings. The number of aryl methyl sites for hydroxylation is 1. The van der Waals surface area contributed by atoms with Gasteiger partial charge in [-0.2, -0.15) is 0 Å². The molecule has 0 saturated heterocycles. The van der Waals surface area contributed by atoms with E-state index in [1.807, 2.05) is 91.9 Å². The highest BCUT2D eigenvalue weighted by Gasteiger charge is 2.50. The van der Waals surface area contributed by atoms with Gasteiger partial charge in [0.05, 0.1) is 0 Å². The average molecular weight is 517 g/mol. The second-order valence-electron chi connectivity index (χ2n) is 9.08. The molecule has 0 spiro atoms. The Balaban J connectivity index is 1.81. The number of amides is 1. The number of halogens is 1. The van der Waals surface area contributed by atoms with E-state index < -0.39 is 7.26 Å². The number of carbonyl (C=O) groups is 1. The van der Waals surface area contributed by atoms with E-state index in [4.69, 9.17) is 0 Å². The summed E-state index contributed by atoms with van der Waals surface area (Å²) in [5.41, 5.74) is 3.24. The molecule has 0 heterocycles. The maximum absolute atomic E-state index is 13.8. The van der Waals surface area contributed by atoms with Gasteiger partial charge in [0.1, 0.15) is 21.7 Å². The fraction of sp³-hybridized carbons (Fsp3) is 0.0294. The van der Waals surface area contributed by atoms with Crippen molar-refractivity contribution in [2.24, 2.45) is 0 Å². The Morgan fingerprint density at radius 2 is 1.08 bits per heavy atom. The molecule has 0 aromatic heterocycles. The van der Waals surface area contributed by atoms with E-state index in [2.05, 4.69) is 41.7 Å². The molecule has 0 atom stereocenters. The molecular weight excluding hydrogens is 488 g/mol. The Hall–Kier alpha value is -4.33. The van der Waals surface area contributed by atoms with Gasteiger partial charge in [0.25, 0.3) is 5.91 Å². The first-order valence-corrected chi connectivity index (χ1v) is 14.3. The third-order valence-corrected chi connectivity index (χ3v) is 10.7. The van der Waals surface area contributed by atoms with Gasteiger partial charge in [-0.25, -0.2) is 4.39 Å². The van der Waals surface area contributed by atoms with Gasteiger partial charge in [-0.15, -0.1) is 0 Å². The maximum Gasteiger partial charge on any atom is 0.258 e. The van der Waals surface area contributed by atoms with E-state index in [0.717, 1.165) is 32.5 Å². The summed E-state index contributed by atoms with van der Waals surface area (Å²) >= 11 is 0. The molecule has 186 valence electrons. The summed E-state index contributed by atoms with van der Waals surface area (Å²) in [5, 5.41) is 6.65. The van der Waals surface area contributed by atoms with E-state index >= 15 is 0 Å². The number of hydrogen-bond donors (Lipinski definition) is 1. The van der Waals surface area contributed by atoms with Crippen molar-refractivity contribution < 1.29 is 9.18 Å². The van der Waals surface area contributed by atoms with Crippen LogP contribution in [0.15, 0.2) is 145 Å². The first-order valence-electron chi connectivity index (χ1n) is 12.5. The quantitative estimate of drug-likeness (QED) is 0.235. The highest BCUT2D eigenvalue weighted by atomic mass is 31.2. The van der Waals surface area contributed by atoms with Crippen molar-refractivity contribution in [1.82, 2.24) is 5.32 Å². The molecule has 0 aliphatic carbocycles. The van der Waals surface area contributed by atoms with Crippen LogP contribution in [0.1, 0.15) is 21.5 Å². The van der Waals surface area contributed by atoms with Crippen molar-refractivity contribution >= 4 is 35.2 Å². The minimum absolute atomic E-state index is 0.189. The van der Waals surface area contributed by atoms with Gasteiger partial charge in [0.2, 0.25) is 0 Å². The topological polar surface area (TPSA) is 29.1 Å². The molecule has 5 aromatic carbocycles. The normalized spacial score (nSPS) is 11.7. The monoisotopic (exact) mass is 516 g/mol. The SMILES string of the molecule is Cc1ccc(C(=O)N/C(=C\c2ccc(F)cc2)[P+](c2ccccc2)(c2ccccc2)c2ccccc2)cc1. The summed E-state index contributed by atoms with van der Waals surface area (Å²) in [6.07, 6.45) is 1.99. The van der Waals surface area contributed by atoms with E-state index in [0.29, 0.717) is 5.56 Å². The van der Waals surface area contributed by atoms with Crippen LogP contribution in [0.2, 0.25) is 0 Å². The van der Waals surface area contributed by atoms with Gasteiger partial charge in [-0.05, 0) is 73.2 Å². The van der Waals surface area contributed by atoms with Crippen LogP contribution in [0.25, 0.3) is 6.08 Å². The molecule has 0 unspecified atom stereocenters. The largest absolute Gasteiger partial charge is 0.292 e. The highest BCUT2D eigenvalue weighted by molar-refractivity contribution is 7.99. The summed E-state index contributed by atoms with van der Waals surface area (Å²) < 4.78 is 13.8. The number of benzene rings is 5. The molecule has 0 bridgehead atoms. The van der Waals surface area contributed by atoms with Gasteiger partial charge in [-0.3, -0.25) is 10.1 Å². The van der Waals surface area contributed by atoms with Gasteiger partial charge < -0.3 is 0 Å².